The Balaban J connectivity index is 1.86. The van der Waals surface area contributed by atoms with Crippen molar-refractivity contribution in [1.29, 1.82) is 0 Å². The number of rotatable bonds is 5. The van der Waals surface area contributed by atoms with Gasteiger partial charge in [-0.05, 0) is 18.2 Å². The third-order valence-electron chi connectivity index (χ3n) is 3.34. The van der Waals surface area contributed by atoms with Crippen molar-refractivity contribution in [2.24, 2.45) is 0 Å². The molecule has 0 fully saturated rings. The largest absolute Gasteiger partial charge is 0.465 e. The molecular formula is C16H11N5O5S. The Labute approximate surface area is 156 Å². The Bertz CT molecular complexity index is 1020. The van der Waals surface area contributed by atoms with E-state index in [2.05, 4.69) is 25.2 Å². The lowest BCUT2D eigenvalue weighted by Gasteiger charge is -2.04. The lowest BCUT2D eigenvalue weighted by molar-refractivity contribution is -0.384. The molecule has 11 heteroatoms. The van der Waals surface area contributed by atoms with Crippen LogP contribution >= 0.6 is 11.3 Å². The first kappa shape index (κ1) is 18.1. The average molecular weight is 385 g/mol. The van der Waals surface area contributed by atoms with Crippen LogP contribution in [0.3, 0.4) is 0 Å². The number of carbonyl (C=O) groups is 2. The minimum atomic E-state index is -0.791. The zero-order valence-corrected chi connectivity index (χ0v) is 14.6. The zero-order chi connectivity index (χ0) is 19.4. The summed E-state index contributed by atoms with van der Waals surface area (Å²) in [5.41, 5.74) is -0.00390. The Morgan fingerprint density at radius 1 is 1.19 bits per heavy atom. The van der Waals surface area contributed by atoms with Gasteiger partial charge in [0.2, 0.25) is 5.13 Å². The minimum absolute atomic E-state index is 0.0841. The van der Waals surface area contributed by atoms with Gasteiger partial charge in [-0.1, -0.05) is 17.4 Å². The molecule has 0 aliphatic heterocycles. The third-order valence-corrected chi connectivity index (χ3v) is 4.20. The van der Waals surface area contributed by atoms with Gasteiger partial charge in [-0.25, -0.2) is 4.79 Å². The molecule has 0 atom stereocenters. The highest BCUT2D eigenvalue weighted by molar-refractivity contribution is 7.18. The Kier molecular flexibility index (Phi) is 5.13. The highest BCUT2D eigenvalue weighted by Gasteiger charge is 2.19. The van der Waals surface area contributed by atoms with Gasteiger partial charge in [0.1, 0.15) is 5.69 Å². The van der Waals surface area contributed by atoms with Gasteiger partial charge in [0, 0.05) is 23.9 Å². The molecule has 0 aliphatic rings. The van der Waals surface area contributed by atoms with Gasteiger partial charge in [0.05, 0.1) is 17.6 Å². The molecule has 0 radical (unpaired) electrons. The molecule has 3 aromatic rings. The summed E-state index contributed by atoms with van der Waals surface area (Å²) in [5.74, 6) is -1.46. The molecule has 0 saturated carbocycles. The number of hydrogen-bond acceptors (Lipinski definition) is 9. The summed E-state index contributed by atoms with van der Waals surface area (Å²) in [6.07, 6.45) is 1.60. The molecule has 1 aromatic carbocycles. The van der Waals surface area contributed by atoms with Crippen molar-refractivity contribution in [2.45, 2.75) is 0 Å². The molecule has 27 heavy (non-hydrogen) atoms. The predicted octanol–water partition coefficient (Wildman–Crippen LogP) is 2.55. The van der Waals surface area contributed by atoms with Crippen LogP contribution in [0.1, 0.15) is 20.7 Å². The maximum absolute atomic E-state index is 12.4. The molecule has 1 amide bonds. The molecule has 2 heterocycles. The van der Waals surface area contributed by atoms with E-state index in [-0.39, 0.29) is 16.3 Å². The number of esters is 1. The number of nitro benzene ring substituents is 1. The van der Waals surface area contributed by atoms with Crippen LogP contribution in [0.2, 0.25) is 0 Å². The minimum Gasteiger partial charge on any atom is -0.465 e. The van der Waals surface area contributed by atoms with E-state index < -0.39 is 22.5 Å². The number of nitrogens with zero attached hydrogens (tertiary/aromatic N) is 4. The first-order valence-electron chi connectivity index (χ1n) is 7.42. The van der Waals surface area contributed by atoms with Gasteiger partial charge < -0.3 is 4.74 Å². The number of pyridine rings is 1. The number of benzene rings is 1. The van der Waals surface area contributed by atoms with E-state index in [1.165, 1.54) is 6.07 Å². The SMILES string of the molecule is COC(=O)c1cc(C(=O)Nc2nnc(-c3ccccn3)s2)cc([N+](=O)[O-])c1. The number of non-ortho nitro benzene ring substituents is 1. The molecule has 0 spiro atoms. The predicted molar refractivity (Wildman–Crippen MR) is 95.5 cm³/mol. The summed E-state index contributed by atoms with van der Waals surface area (Å²) in [5, 5.41) is 22.0. The number of ether oxygens (including phenoxy) is 1. The maximum atomic E-state index is 12.4. The first-order chi connectivity index (χ1) is 13.0. The second kappa shape index (κ2) is 7.66. The summed E-state index contributed by atoms with van der Waals surface area (Å²) in [6, 6.07) is 8.59. The maximum Gasteiger partial charge on any atom is 0.338 e. The molecule has 0 aliphatic carbocycles. The standard InChI is InChI=1S/C16H11N5O5S/c1-26-15(23)10-6-9(7-11(8-10)21(24)25)13(22)18-16-20-19-14(27-16)12-4-2-3-5-17-12/h2-8H,1H3,(H,18,20,22). The van der Waals surface area contributed by atoms with E-state index >= 15 is 0 Å². The fraction of sp³-hybridized carbons (Fsp3) is 0.0625. The number of nitrogens with one attached hydrogen (secondary N) is 1. The molecule has 10 nitrogen and oxygen atoms in total. The fourth-order valence-corrected chi connectivity index (χ4v) is 2.83. The summed E-state index contributed by atoms with van der Waals surface area (Å²) >= 11 is 1.09. The van der Waals surface area contributed by atoms with E-state index in [1.807, 2.05) is 0 Å². The highest BCUT2D eigenvalue weighted by Crippen LogP contribution is 2.25. The van der Waals surface area contributed by atoms with Crippen molar-refractivity contribution in [2.75, 3.05) is 12.4 Å². The third kappa shape index (κ3) is 4.10. The summed E-state index contributed by atoms with van der Waals surface area (Å²) in [4.78, 5) is 38.6. The Morgan fingerprint density at radius 2 is 1.96 bits per heavy atom. The Hall–Kier alpha value is -3.73. The van der Waals surface area contributed by atoms with Gasteiger partial charge in [-0.3, -0.25) is 25.2 Å². The average Bonchev–Trinajstić information content (AvgIpc) is 3.16. The molecule has 3 rings (SSSR count). The molecule has 1 N–H and O–H groups in total. The quantitative estimate of drug-likeness (QED) is 0.402. The normalized spacial score (nSPS) is 10.3. The summed E-state index contributed by atoms with van der Waals surface area (Å²) < 4.78 is 4.56. The fourth-order valence-electron chi connectivity index (χ4n) is 2.12. The van der Waals surface area contributed by atoms with Crippen molar-refractivity contribution < 1.29 is 19.2 Å². The zero-order valence-electron chi connectivity index (χ0n) is 13.8. The topological polar surface area (TPSA) is 137 Å². The van der Waals surface area contributed by atoms with Gasteiger partial charge >= 0.3 is 5.97 Å². The van der Waals surface area contributed by atoms with Crippen molar-refractivity contribution in [3.63, 3.8) is 0 Å². The second-order valence-electron chi connectivity index (χ2n) is 5.10. The monoisotopic (exact) mass is 385 g/mol. The van der Waals surface area contributed by atoms with Crippen LogP contribution in [0, 0.1) is 10.1 Å². The van der Waals surface area contributed by atoms with Crippen LogP contribution in [-0.4, -0.2) is 39.1 Å². The van der Waals surface area contributed by atoms with E-state index in [1.54, 1.807) is 24.4 Å². The van der Waals surface area contributed by atoms with E-state index in [0.717, 1.165) is 30.6 Å². The van der Waals surface area contributed by atoms with Gasteiger partial charge in [-0.2, -0.15) is 0 Å². The van der Waals surface area contributed by atoms with Crippen LogP contribution < -0.4 is 5.32 Å². The van der Waals surface area contributed by atoms with Crippen LogP contribution in [0.4, 0.5) is 10.8 Å². The summed E-state index contributed by atoms with van der Waals surface area (Å²) in [7, 11) is 1.14. The van der Waals surface area contributed by atoms with E-state index in [9.17, 15) is 19.7 Å². The van der Waals surface area contributed by atoms with Crippen molar-refractivity contribution in [1.82, 2.24) is 15.2 Å². The lowest BCUT2D eigenvalue weighted by atomic mass is 10.1. The van der Waals surface area contributed by atoms with Gasteiger partial charge in [0.25, 0.3) is 11.6 Å². The van der Waals surface area contributed by atoms with Crippen LogP contribution in [-0.2, 0) is 4.74 Å². The van der Waals surface area contributed by atoms with Crippen molar-refractivity contribution in [3.05, 3.63) is 63.8 Å². The molecule has 0 unspecified atom stereocenters. The highest BCUT2D eigenvalue weighted by atomic mass is 32.1. The molecule has 136 valence electrons. The second-order valence-corrected chi connectivity index (χ2v) is 6.08. The number of anilines is 1. The first-order valence-corrected chi connectivity index (χ1v) is 8.23. The van der Waals surface area contributed by atoms with Crippen molar-refractivity contribution in [3.8, 4) is 10.7 Å². The Morgan fingerprint density at radius 3 is 2.63 bits per heavy atom. The number of aromatic nitrogens is 3. The van der Waals surface area contributed by atoms with Gasteiger partial charge in [-0.15, -0.1) is 10.2 Å². The summed E-state index contributed by atoms with van der Waals surface area (Å²) in [6.45, 7) is 0. The number of methoxy groups -OCH3 is 1. The van der Waals surface area contributed by atoms with Crippen LogP contribution in [0.15, 0.2) is 42.6 Å². The number of nitro groups is 1. The lowest BCUT2D eigenvalue weighted by Crippen LogP contribution is -2.14. The molecule has 0 bridgehead atoms. The van der Waals surface area contributed by atoms with Crippen LogP contribution in [0.25, 0.3) is 10.7 Å². The van der Waals surface area contributed by atoms with Crippen molar-refractivity contribution >= 4 is 34.0 Å². The van der Waals surface area contributed by atoms with Gasteiger partial charge in [0.15, 0.2) is 5.01 Å². The number of hydrogen-bond donors (Lipinski definition) is 1. The smallest absolute Gasteiger partial charge is 0.338 e. The van der Waals surface area contributed by atoms with Crippen LogP contribution in [0.5, 0.6) is 0 Å². The number of carbonyl (C=O) groups excluding carboxylic acids is 2. The molecule has 2 aromatic heterocycles. The van der Waals surface area contributed by atoms with E-state index in [0.29, 0.717) is 10.7 Å². The van der Waals surface area contributed by atoms with E-state index in [4.69, 9.17) is 0 Å². The molecular weight excluding hydrogens is 374 g/mol. The molecule has 0 saturated heterocycles. The number of amides is 1.